The molecule has 2 aromatic heterocycles. The molecule has 0 unspecified atom stereocenters. The molecule has 0 radical (unpaired) electrons. The highest BCUT2D eigenvalue weighted by Crippen LogP contribution is 2.15. The lowest BCUT2D eigenvalue weighted by Crippen LogP contribution is -2.18. The lowest BCUT2D eigenvalue weighted by atomic mass is 10.3. The van der Waals surface area contributed by atoms with Crippen LogP contribution in [0.3, 0.4) is 0 Å². The first-order chi connectivity index (χ1) is 10.7. The number of nitrogens with zero attached hydrogens (tertiary/aromatic N) is 5. The molecule has 0 fully saturated rings. The summed E-state index contributed by atoms with van der Waals surface area (Å²) in [6.07, 6.45) is 4.85. The van der Waals surface area contributed by atoms with Crippen LogP contribution in [0.15, 0.2) is 17.8 Å². The fourth-order valence-electron chi connectivity index (χ4n) is 2.02. The zero-order valence-corrected chi connectivity index (χ0v) is 15.4. The molecule has 0 aliphatic carbocycles. The van der Waals surface area contributed by atoms with Gasteiger partial charge in [-0.15, -0.1) is 11.3 Å². The van der Waals surface area contributed by atoms with Gasteiger partial charge in [-0.25, -0.2) is 23.4 Å². The smallest absolute Gasteiger partial charge is 0.224 e. The molecule has 0 spiro atoms. The fraction of sp³-hybridized carbons (Fsp3) is 0.500. The van der Waals surface area contributed by atoms with Crippen LogP contribution >= 0.6 is 11.3 Å². The Morgan fingerprint density at radius 2 is 1.78 bits per heavy atom. The molecule has 23 heavy (non-hydrogen) atoms. The van der Waals surface area contributed by atoms with E-state index >= 15 is 0 Å². The molecular weight excluding hydrogens is 334 g/mol. The van der Waals surface area contributed by atoms with E-state index in [1.54, 1.807) is 0 Å². The molecule has 0 aliphatic heterocycles. The minimum atomic E-state index is -3.04. The Balaban J connectivity index is 1.93. The fourth-order valence-corrected chi connectivity index (χ4v) is 4.01. The van der Waals surface area contributed by atoms with E-state index in [2.05, 4.69) is 19.9 Å². The Labute approximate surface area is 140 Å². The number of hydrogen-bond acceptors (Lipinski definition) is 8. The number of thiazole rings is 1. The number of rotatable bonds is 7. The van der Waals surface area contributed by atoms with Crippen molar-refractivity contribution in [3.05, 3.63) is 34.0 Å². The number of anilines is 1. The molecule has 0 saturated carbocycles. The topological polar surface area (TPSA) is 79.3 Å². The van der Waals surface area contributed by atoms with Gasteiger partial charge in [0.1, 0.15) is 10.8 Å². The maximum atomic E-state index is 11.3. The molecule has 0 aliphatic rings. The molecule has 0 bridgehead atoms. The first-order valence-corrected chi connectivity index (χ1v) is 9.95. The SMILES string of the molecule is CN(Cc1cnc(N(C)C)nc1)Cc1csc(CS(C)(=O)=O)n1. The van der Waals surface area contributed by atoms with Crippen LogP contribution in [0.5, 0.6) is 0 Å². The number of sulfone groups is 1. The van der Waals surface area contributed by atoms with Crippen LogP contribution in [0.2, 0.25) is 0 Å². The zero-order chi connectivity index (χ0) is 17.0. The van der Waals surface area contributed by atoms with Crippen molar-refractivity contribution in [2.45, 2.75) is 18.8 Å². The molecule has 0 N–H and O–H groups in total. The van der Waals surface area contributed by atoms with Crippen LogP contribution in [0.25, 0.3) is 0 Å². The van der Waals surface area contributed by atoms with E-state index in [0.29, 0.717) is 24.0 Å². The standard InChI is InChI=1S/C14H21N5O2S2/c1-18(2)14-15-5-11(6-16-14)7-19(3)8-12-9-22-13(17-12)10-23(4,20)21/h5-6,9H,7-8,10H2,1-4H3. The summed E-state index contributed by atoms with van der Waals surface area (Å²) in [6.45, 7) is 1.35. The van der Waals surface area contributed by atoms with Crippen LogP contribution in [-0.2, 0) is 28.7 Å². The van der Waals surface area contributed by atoms with Crippen LogP contribution in [0, 0.1) is 0 Å². The van der Waals surface area contributed by atoms with Crippen LogP contribution in [-0.4, -0.2) is 55.7 Å². The molecule has 0 saturated heterocycles. The second kappa shape index (κ2) is 7.33. The summed E-state index contributed by atoms with van der Waals surface area (Å²) in [5, 5.41) is 2.54. The summed E-state index contributed by atoms with van der Waals surface area (Å²) in [7, 11) is 2.74. The van der Waals surface area contributed by atoms with E-state index < -0.39 is 9.84 Å². The van der Waals surface area contributed by atoms with Gasteiger partial charge in [0, 0.05) is 56.8 Å². The van der Waals surface area contributed by atoms with Gasteiger partial charge in [0.2, 0.25) is 5.95 Å². The van der Waals surface area contributed by atoms with Gasteiger partial charge in [-0.3, -0.25) is 4.90 Å². The largest absolute Gasteiger partial charge is 0.347 e. The third-order valence-corrected chi connectivity index (χ3v) is 4.84. The lowest BCUT2D eigenvalue weighted by molar-refractivity contribution is 0.315. The average molecular weight is 355 g/mol. The zero-order valence-electron chi connectivity index (χ0n) is 13.7. The summed E-state index contributed by atoms with van der Waals surface area (Å²) in [6, 6.07) is 0. The third-order valence-electron chi connectivity index (χ3n) is 2.96. The average Bonchev–Trinajstić information content (AvgIpc) is 2.84. The van der Waals surface area contributed by atoms with Gasteiger partial charge >= 0.3 is 0 Å². The first-order valence-electron chi connectivity index (χ1n) is 7.01. The lowest BCUT2D eigenvalue weighted by Gasteiger charge is -2.15. The van der Waals surface area contributed by atoms with Crippen LogP contribution < -0.4 is 4.90 Å². The Morgan fingerprint density at radius 3 is 2.35 bits per heavy atom. The van der Waals surface area contributed by atoms with Crippen molar-refractivity contribution in [3.63, 3.8) is 0 Å². The van der Waals surface area contributed by atoms with Crippen LogP contribution in [0.1, 0.15) is 16.3 Å². The Kier molecular flexibility index (Phi) is 5.66. The van der Waals surface area contributed by atoms with Gasteiger partial charge in [0.05, 0.1) is 5.69 Å². The maximum absolute atomic E-state index is 11.3. The second-order valence-electron chi connectivity index (χ2n) is 5.76. The van der Waals surface area contributed by atoms with E-state index in [1.807, 2.05) is 43.8 Å². The Bertz CT molecular complexity index is 741. The van der Waals surface area contributed by atoms with Crippen molar-refractivity contribution in [2.24, 2.45) is 0 Å². The summed E-state index contributed by atoms with van der Waals surface area (Å²) in [4.78, 5) is 16.9. The van der Waals surface area contributed by atoms with Crippen LogP contribution in [0.4, 0.5) is 5.95 Å². The Morgan fingerprint density at radius 1 is 1.13 bits per heavy atom. The summed E-state index contributed by atoms with van der Waals surface area (Å²) >= 11 is 1.38. The van der Waals surface area contributed by atoms with Crippen molar-refractivity contribution in [2.75, 3.05) is 32.3 Å². The molecule has 0 amide bonds. The van der Waals surface area contributed by atoms with Gasteiger partial charge in [-0.2, -0.15) is 0 Å². The molecule has 0 aromatic carbocycles. The highest BCUT2D eigenvalue weighted by molar-refractivity contribution is 7.90. The van der Waals surface area contributed by atoms with Crippen molar-refractivity contribution >= 4 is 27.1 Å². The van der Waals surface area contributed by atoms with E-state index in [-0.39, 0.29) is 5.75 Å². The van der Waals surface area contributed by atoms with Crippen molar-refractivity contribution in [1.29, 1.82) is 0 Å². The first kappa shape index (κ1) is 17.8. The third kappa shape index (κ3) is 5.85. The van der Waals surface area contributed by atoms with E-state index in [4.69, 9.17) is 0 Å². The molecular formula is C14H21N5O2S2. The van der Waals surface area contributed by atoms with Gasteiger partial charge < -0.3 is 4.90 Å². The monoisotopic (exact) mass is 355 g/mol. The van der Waals surface area contributed by atoms with Crippen molar-refractivity contribution < 1.29 is 8.42 Å². The maximum Gasteiger partial charge on any atom is 0.224 e. The Hall–Kier alpha value is -1.58. The summed E-state index contributed by atoms with van der Waals surface area (Å²) in [5.41, 5.74) is 1.90. The predicted octanol–water partition coefficient (Wildman–Crippen LogP) is 1.18. The van der Waals surface area contributed by atoms with Gasteiger partial charge in [0.25, 0.3) is 0 Å². The molecule has 9 heteroatoms. The van der Waals surface area contributed by atoms with Crippen molar-refractivity contribution in [1.82, 2.24) is 19.9 Å². The molecule has 0 atom stereocenters. The summed E-state index contributed by atoms with van der Waals surface area (Å²) < 4.78 is 22.6. The molecule has 2 rings (SSSR count). The molecule has 2 heterocycles. The van der Waals surface area contributed by atoms with E-state index in [1.165, 1.54) is 17.6 Å². The van der Waals surface area contributed by atoms with Gasteiger partial charge in [-0.05, 0) is 7.05 Å². The van der Waals surface area contributed by atoms with Gasteiger partial charge in [-0.1, -0.05) is 0 Å². The minimum Gasteiger partial charge on any atom is -0.347 e. The quantitative estimate of drug-likeness (QED) is 0.738. The minimum absolute atomic E-state index is 0.00121. The molecule has 7 nitrogen and oxygen atoms in total. The molecule has 2 aromatic rings. The van der Waals surface area contributed by atoms with E-state index in [9.17, 15) is 8.42 Å². The highest BCUT2D eigenvalue weighted by atomic mass is 32.2. The number of aromatic nitrogens is 3. The highest BCUT2D eigenvalue weighted by Gasteiger charge is 2.11. The normalized spacial score (nSPS) is 11.9. The van der Waals surface area contributed by atoms with Crippen molar-refractivity contribution in [3.8, 4) is 0 Å². The summed E-state index contributed by atoms with van der Waals surface area (Å²) in [5.74, 6) is 0.683. The predicted molar refractivity (Wildman–Crippen MR) is 92.2 cm³/mol. The van der Waals surface area contributed by atoms with E-state index in [0.717, 1.165) is 11.3 Å². The number of hydrogen-bond donors (Lipinski definition) is 0. The van der Waals surface area contributed by atoms with Gasteiger partial charge in [0.15, 0.2) is 9.84 Å². The molecule has 126 valence electrons. The second-order valence-corrected chi connectivity index (χ2v) is 8.84.